The van der Waals surface area contributed by atoms with Gasteiger partial charge in [0, 0.05) is 12.3 Å². The molecule has 0 unspecified atom stereocenters. The van der Waals surface area contributed by atoms with E-state index in [2.05, 4.69) is 10.1 Å². The molecule has 1 aliphatic carbocycles. The Labute approximate surface area is 120 Å². The van der Waals surface area contributed by atoms with Gasteiger partial charge >= 0.3 is 6.18 Å². The lowest BCUT2D eigenvalue weighted by Crippen LogP contribution is -2.13. The molecular weight excluding hydrogens is 279 g/mol. The van der Waals surface area contributed by atoms with Crippen molar-refractivity contribution in [2.75, 3.05) is 0 Å². The van der Waals surface area contributed by atoms with Crippen molar-refractivity contribution < 1.29 is 13.2 Å². The van der Waals surface area contributed by atoms with Gasteiger partial charge < -0.3 is 0 Å². The molecule has 2 aromatic rings. The van der Waals surface area contributed by atoms with Gasteiger partial charge in [0.15, 0.2) is 5.82 Å². The number of nitrogens with zero attached hydrogens (tertiary/aromatic N) is 3. The standard InChI is InChI=1S/C15H16F3N3/c16-15(17,18)9-8-13-19-14(12-6-7-12)20-21(13)10-11-4-2-1-3-5-11/h1-5,12H,6-10H2. The zero-order valence-corrected chi connectivity index (χ0v) is 11.5. The number of hydrogen-bond acceptors (Lipinski definition) is 2. The zero-order chi connectivity index (χ0) is 14.9. The monoisotopic (exact) mass is 295 g/mol. The molecule has 0 atom stereocenters. The second kappa shape index (κ2) is 5.50. The fourth-order valence-corrected chi connectivity index (χ4v) is 2.23. The summed E-state index contributed by atoms with van der Waals surface area (Å²) >= 11 is 0. The lowest BCUT2D eigenvalue weighted by atomic mass is 10.2. The molecule has 3 rings (SSSR count). The largest absolute Gasteiger partial charge is 0.389 e. The lowest BCUT2D eigenvalue weighted by Gasteiger charge is -2.08. The van der Waals surface area contributed by atoms with Crippen LogP contribution in [0.15, 0.2) is 30.3 Å². The van der Waals surface area contributed by atoms with Gasteiger partial charge in [-0.05, 0) is 18.4 Å². The molecule has 1 heterocycles. The van der Waals surface area contributed by atoms with Crippen molar-refractivity contribution in [3.05, 3.63) is 47.5 Å². The van der Waals surface area contributed by atoms with E-state index in [9.17, 15) is 13.2 Å². The van der Waals surface area contributed by atoms with Crippen LogP contribution in [-0.4, -0.2) is 20.9 Å². The Morgan fingerprint density at radius 1 is 1.14 bits per heavy atom. The molecule has 0 aliphatic heterocycles. The molecule has 1 aliphatic rings. The molecule has 1 fully saturated rings. The maximum atomic E-state index is 12.4. The van der Waals surface area contributed by atoms with Gasteiger partial charge in [0.25, 0.3) is 0 Å². The van der Waals surface area contributed by atoms with Crippen LogP contribution in [0, 0.1) is 0 Å². The van der Waals surface area contributed by atoms with Gasteiger partial charge in [-0.25, -0.2) is 9.67 Å². The Morgan fingerprint density at radius 3 is 2.48 bits per heavy atom. The number of aryl methyl sites for hydroxylation is 1. The maximum Gasteiger partial charge on any atom is 0.389 e. The summed E-state index contributed by atoms with van der Waals surface area (Å²) in [5.41, 5.74) is 1.01. The molecule has 0 bridgehead atoms. The van der Waals surface area contributed by atoms with Gasteiger partial charge in [-0.1, -0.05) is 30.3 Å². The van der Waals surface area contributed by atoms with E-state index in [0.29, 0.717) is 24.1 Å². The highest BCUT2D eigenvalue weighted by molar-refractivity contribution is 5.16. The van der Waals surface area contributed by atoms with E-state index in [0.717, 1.165) is 18.4 Å². The number of aromatic nitrogens is 3. The quantitative estimate of drug-likeness (QED) is 0.842. The van der Waals surface area contributed by atoms with Gasteiger partial charge in [0.1, 0.15) is 5.82 Å². The summed E-state index contributed by atoms with van der Waals surface area (Å²) < 4.78 is 38.9. The summed E-state index contributed by atoms with van der Waals surface area (Å²) in [7, 11) is 0. The SMILES string of the molecule is FC(F)(F)CCc1nc(C2CC2)nn1Cc1ccccc1. The number of rotatable bonds is 5. The molecule has 112 valence electrons. The lowest BCUT2D eigenvalue weighted by molar-refractivity contribution is -0.134. The Hall–Kier alpha value is -1.85. The number of hydrogen-bond donors (Lipinski definition) is 0. The van der Waals surface area contributed by atoms with Crippen molar-refractivity contribution in [1.29, 1.82) is 0 Å². The topological polar surface area (TPSA) is 30.7 Å². The Balaban J connectivity index is 1.79. The van der Waals surface area contributed by atoms with Gasteiger partial charge in [-0.2, -0.15) is 18.3 Å². The summed E-state index contributed by atoms with van der Waals surface area (Å²) in [6.45, 7) is 0.466. The number of benzene rings is 1. The van der Waals surface area contributed by atoms with Crippen LogP contribution < -0.4 is 0 Å². The number of alkyl halides is 3. The first-order valence-corrected chi connectivity index (χ1v) is 7.05. The van der Waals surface area contributed by atoms with Crippen LogP contribution in [-0.2, 0) is 13.0 Å². The highest BCUT2D eigenvalue weighted by Crippen LogP contribution is 2.38. The normalized spacial score (nSPS) is 15.4. The Morgan fingerprint density at radius 2 is 1.86 bits per heavy atom. The molecule has 0 radical (unpaired) electrons. The molecule has 0 saturated heterocycles. The molecule has 6 heteroatoms. The minimum absolute atomic E-state index is 0.115. The first-order valence-electron chi connectivity index (χ1n) is 7.05. The third-order valence-electron chi connectivity index (χ3n) is 3.51. The van der Waals surface area contributed by atoms with Crippen LogP contribution in [0.25, 0.3) is 0 Å². The van der Waals surface area contributed by atoms with E-state index < -0.39 is 12.6 Å². The molecule has 0 spiro atoms. The maximum absolute atomic E-state index is 12.4. The molecule has 1 saturated carbocycles. The van der Waals surface area contributed by atoms with Gasteiger partial charge in [0.2, 0.25) is 0 Å². The van der Waals surface area contributed by atoms with Crippen molar-refractivity contribution in [2.24, 2.45) is 0 Å². The molecule has 1 aromatic heterocycles. The molecule has 0 N–H and O–H groups in total. The second-order valence-electron chi connectivity index (χ2n) is 5.42. The minimum Gasteiger partial charge on any atom is -0.245 e. The molecular formula is C15H16F3N3. The fourth-order valence-electron chi connectivity index (χ4n) is 2.23. The van der Waals surface area contributed by atoms with E-state index in [1.54, 1.807) is 4.68 Å². The van der Waals surface area contributed by atoms with Gasteiger partial charge in [-0.3, -0.25) is 0 Å². The van der Waals surface area contributed by atoms with E-state index in [-0.39, 0.29) is 6.42 Å². The van der Waals surface area contributed by atoms with Crippen LogP contribution in [0.3, 0.4) is 0 Å². The molecule has 0 amide bonds. The van der Waals surface area contributed by atoms with Crippen molar-refractivity contribution in [2.45, 2.75) is 44.3 Å². The Kier molecular flexibility index (Phi) is 3.69. The summed E-state index contributed by atoms with van der Waals surface area (Å²) in [6, 6.07) is 9.59. The van der Waals surface area contributed by atoms with Crippen molar-refractivity contribution in [3.63, 3.8) is 0 Å². The molecule has 3 nitrogen and oxygen atoms in total. The van der Waals surface area contributed by atoms with Gasteiger partial charge in [-0.15, -0.1) is 0 Å². The second-order valence-corrected chi connectivity index (χ2v) is 5.42. The van der Waals surface area contributed by atoms with Crippen LogP contribution >= 0.6 is 0 Å². The van der Waals surface area contributed by atoms with E-state index in [1.165, 1.54) is 0 Å². The van der Waals surface area contributed by atoms with E-state index >= 15 is 0 Å². The predicted molar refractivity (Wildman–Crippen MR) is 71.9 cm³/mol. The first-order chi connectivity index (χ1) is 10.0. The predicted octanol–water partition coefficient (Wildman–Crippen LogP) is 3.70. The third-order valence-corrected chi connectivity index (χ3v) is 3.51. The number of halogens is 3. The van der Waals surface area contributed by atoms with Crippen LogP contribution in [0.4, 0.5) is 13.2 Å². The Bertz CT molecular complexity index is 600. The fraction of sp³-hybridized carbons (Fsp3) is 0.467. The van der Waals surface area contributed by atoms with E-state index in [1.807, 2.05) is 30.3 Å². The molecule has 1 aromatic carbocycles. The minimum atomic E-state index is -4.16. The average Bonchev–Trinajstić information content (AvgIpc) is 3.20. The summed E-state index contributed by atoms with van der Waals surface area (Å²) in [5.74, 6) is 1.47. The van der Waals surface area contributed by atoms with Crippen molar-refractivity contribution >= 4 is 0 Å². The average molecular weight is 295 g/mol. The van der Waals surface area contributed by atoms with Gasteiger partial charge in [0.05, 0.1) is 13.0 Å². The zero-order valence-electron chi connectivity index (χ0n) is 11.5. The van der Waals surface area contributed by atoms with Crippen molar-refractivity contribution in [1.82, 2.24) is 14.8 Å². The van der Waals surface area contributed by atoms with E-state index in [4.69, 9.17) is 0 Å². The van der Waals surface area contributed by atoms with Crippen LogP contribution in [0.1, 0.15) is 42.4 Å². The smallest absolute Gasteiger partial charge is 0.245 e. The first kappa shape index (κ1) is 14.1. The van der Waals surface area contributed by atoms with Crippen LogP contribution in [0.2, 0.25) is 0 Å². The summed E-state index contributed by atoms with van der Waals surface area (Å²) in [5, 5.41) is 4.41. The highest BCUT2D eigenvalue weighted by atomic mass is 19.4. The summed E-state index contributed by atoms with van der Waals surface area (Å²) in [4.78, 5) is 4.32. The molecule has 21 heavy (non-hydrogen) atoms. The van der Waals surface area contributed by atoms with Crippen LogP contribution in [0.5, 0.6) is 0 Å². The highest BCUT2D eigenvalue weighted by Gasteiger charge is 2.31. The van der Waals surface area contributed by atoms with Crippen molar-refractivity contribution in [3.8, 4) is 0 Å². The third kappa shape index (κ3) is 3.83. The summed E-state index contributed by atoms with van der Waals surface area (Å²) in [6.07, 6.45) is -3.06.